The number of hydrogen-bond acceptors (Lipinski definition) is 2. The van der Waals surface area contributed by atoms with Gasteiger partial charge in [0.2, 0.25) is 5.91 Å². The summed E-state index contributed by atoms with van der Waals surface area (Å²) in [5, 5.41) is 12.0. The van der Waals surface area contributed by atoms with E-state index in [1.54, 1.807) is 6.07 Å². The van der Waals surface area contributed by atoms with Gasteiger partial charge in [-0.15, -0.1) is 0 Å². The molecule has 23 heavy (non-hydrogen) atoms. The molecule has 1 amide bonds. The van der Waals surface area contributed by atoms with Crippen molar-refractivity contribution >= 4 is 17.6 Å². The van der Waals surface area contributed by atoms with Gasteiger partial charge >= 0.3 is 5.97 Å². The maximum atomic E-state index is 12.7. The van der Waals surface area contributed by atoms with Crippen LogP contribution in [-0.4, -0.2) is 17.0 Å². The van der Waals surface area contributed by atoms with Crippen LogP contribution in [-0.2, 0) is 4.79 Å². The molecule has 2 N–H and O–H groups in total. The van der Waals surface area contributed by atoms with Gasteiger partial charge in [-0.05, 0) is 36.6 Å². The van der Waals surface area contributed by atoms with Crippen molar-refractivity contribution in [2.45, 2.75) is 32.6 Å². The molecule has 0 bridgehead atoms. The molecule has 0 spiro atoms. The van der Waals surface area contributed by atoms with Crippen molar-refractivity contribution in [3.8, 4) is 0 Å². The number of carbonyl (C=O) groups excluding carboxylic acids is 1. The van der Waals surface area contributed by atoms with Crippen molar-refractivity contribution in [2.24, 2.45) is 0 Å². The van der Waals surface area contributed by atoms with Gasteiger partial charge in [-0.1, -0.05) is 49.7 Å². The Morgan fingerprint density at radius 1 is 1.13 bits per heavy atom. The average molecular weight is 311 g/mol. The molecule has 0 radical (unpaired) electrons. The number of anilines is 1. The Morgan fingerprint density at radius 2 is 1.83 bits per heavy atom. The molecule has 2 aromatic rings. The summed E-state index contributed by atoms with van der Waals surface area (Å²) in [6.45, 7) is 3.89. The van der Waals surface area contributed by atoms with Gasteiger partial charge < -0.3 is 10.4 Å². The van der Waals surface area contributed by atoms with Crippen molar-refractivity contribution in [2.75, 3.05) is 5.32 Å². The van der Waals surface area contributed by atoms with Crippen LogP contribution in [0.3, 0.4) is 0 Å². The summed E-state index contributed by atoms with van der Waals surface area (Å²) in [4.78, 5) is 23.8. The zero-order valence-electron chi connectivity index (χ0n) is 13.4. The molecule has 2 rings (SSSR count). The number of nitrogens with one attached hydrogen (secondary N) is 1. The Bertz CT molecular complexity index is 695. The zero-order chi connectivity index (χ0) is 16.8. The highest BCUT2D eigenvalue weighted by molar-refractivity contribution is 5.98. The zero-order valence-corrected chi connectivity index (χ0v) is 13.4. The lowest BCUT2D eigenvalue weighted by Gasteiger charge is -2.18. The first kappa shape index (κ1) is 16.7. The van der Waals surface area contributed by atoms with Gasteiger partial charge in [-0.2, -0.15) is 0 Å². The third-order valence-corrected chi connectivity index (χ3v) is 3.84. The standard InChI is InChI=1S/C19H21NO3/c1-3-7-16(14-8-5-4-6-9-14)18(21)20-17-12-15(19(22)23)11-10-13(17)2/h4-6,8-12,16H,3,7H2,1-2H3,(H,20,21)(H,22,23). The lowest BCUT2D eigenvalue weighted by molar-refractivity contribution is -0.117. The molecule has 1 unspecified atom stereocenters. The van der Waals surface area contributed by atoms with E-state index in [1.165, 1.54) is 12.1 Å². The molecule has 0 aliphatic rings. The predicted molar refractivity (Wildman–Crippen MR) is 90.9 cm³/mol. The fraction of sp³-hybridized carbons (Fsp3) is 0.263. The van der Waals surface area contributed by atoms with Crippen LogP contribution in [0.1, 0.15) is 47.2 Å². The third kappa shape index (κ3) is 4.19. The topological polar surface area (TPSA) is 66.4 Å². The van der Waals surface area contributed by atoms with Crippen molar-refractivity contribution < 1.29 is 14.7 Å². The van der Waals surface area contributed by atoms with Crippen LogP contribution < -0.4 is 5.32 Å². The van der Waals surface area contributed by atoms with Gasteiger partial charge in [0.25, 0.3) is 0 Å². The highest BCUT2D eigenvalue weighted by Gasteiger charge is 2.20. The normalized spacial score (nSPS) is 11.7. The lowest BCUT2D eigenvalue weighted by Crippen LogP contribution is -2.22. The SMILES string of the molecule is CCCC(C(=O)Nc1cc(C(=O)O)ccc1C)c1ccccc1. The number of amides is 1. The summed E-state index contributed by atoms with van der Waals surface area (Å²) in [5.41, 5.74) is 2.52. The molecular weight excluding hydrogens is 290 g/mol. The van der Waals surface area contributed by atoms with Crippen LogP contribution in [0.4, 0.5) is 5.69 Å². The van der Waals surface area contributed by atoms with Gasteiger partial charge in [-0.3, -0.25) is 4.79 Å². The monoisotopic (exact) mass is 311 g/mol. The number of hydrogen-bond donors (Lipinski definition) is 2. The first-order chi connectivity index (χ1) is 11.0. The van der Waals surface area contributed by atoms with E-state index in [2.05, 4.69) is 5.32 Å². The maximum Gasteiger partial charge on any atom is 0.335 e. The van der Waals surface area contributed by atoms with Crippen molar-refractivity contribution in [1.82, 2.24) is 0 Å². The summed E-state index contributed by atoms with van der Waals surface area (Å²) in [5.74, 6) is -1.36. The van der Waals surface area contributed by atoms with Crippen LogP contribution in [0.2, 0.25) is 0 Å². The minimum absolute atomic E-state index is 0.108. The van der Waals surface area contributed by atoms with E-state index in [4.69, 9.17) is 5.11 Å². The van der Waals surface area contributed by atoms with Crippen molar-refractivity contribution in [3.63, 3.8) is 0 Å². The molecule has 0 heterocycles. The second kappa shape index (κ2) is 7.58. The smallest absolute Gasteiger partial charge is 0.335 e. The summed E-state index contributed by atoms with van der Waals surface area (Å²) in [6, 6.07) is 14.4. The van der Waals surface area contributed by atoms with Crippen LogP contribution >= 0.6 is 0 Å². The van der Waals surface area contributed by atoms with E-state index in [-0.39, 0.29) is 17.4 Å². The molecule has 0 aromatic heterocycles. The minimum atomic E-state index is -1.01. The van der Waals surface area contributed by atoms with E-state index in [9.17, 15) is 9.59 Å². The van der Waals surface area contributed by atoms with E-state index in [0.29, 0.717) is 5.69 Å². The van der Waals surface area contributed by atoms with Gasteiger partial charge in [-0.25, -0.2) is 4.79 Å². The Balaban J connectivity index is 2.25. The molecule has 1 atom stereocenters. The highest BCUT2D eigenvalue weighted by atomic mass is 16.4. The maximum absolute atomic E-state index is 12.7. The molecule has 0 saturated carbocycles. The second-order valence-electron chi connectivity index (χ2n) is 5.58. The Hall–Kier alpha value is -2.62. The number of aromatic carboxylic acids is 1. The van der Waals surface area contributed by atoms with E-state index in [0.717, 1.165) is 24.0 Å². The number of carbonyl (C=O) groups is 2. The third-order valence-electron chi connectivity index (χ3n) is 3.84. The molecule has 120 valence electrons. The van der Waals surface area contributed by atoms with Gasteiger partial charge in [0.05, 0.1) is 11.5 Å². The molecule has 4 nitrogen and oxygen atoms in total. The molecule has 0 saturated heterocycles. The summed E-state index contributed by atoms with van der Waals surface area (Å²) in [7, 11) is 0. The van der Waals surface area contributed by atoms with E-state index < -0.39 is 5.97 Å². The fourth-order valence-electron chi connectivity index (χ4n) is 2.53. The molecule has 4 heteroatoms. The van der Waals surface area contributed by atoms with Crippen LogP contribution in [0.5, 0.6) is 0 Å². The Morgan fingerprint density at radius 3 is 2.43 bits per heavy atom. The van der Waals surface area contributed by atoms with Crippen LogP contribution in [0, 0.1) is 6.92 Å². The Kier molecular flexibility index (Phi) is 5.52. The largest absolute Gasteiger partial charge is 0.478 e. The number of carboxylic acid groups (broad SMARTS) is 1. The quantitative estimate of drug-likeness (QED) is 0.839. The fourth-order valence-corrected chi connectivity index (χ4v) is 2.53. The first-order valence-corrected chi connectivity index (χ1v) is 7.72. The molecule has 0 aliphatic heterocycles. The molecule has 0 aliphatic carbocycles. The average Bonchev–Trinajstić information content (AvgIpc) is 2.55. The van der Waals surface area contributed by atoms with Crippen molar-refractivity contribution in [3.05, 3.63) is 65.2 Å². The van der Waals surface area contributed by atoms with E-state index >= 15 is 0 Å². The minimum Gasteiger partial charge on any atom is -0.478 e. The number of rotatable bonds is 6. The number of carboxylic acids is 1. The highest BCUT2D eigenvalue weighted by Crippen LogP contribution is 2.25. The Labute approximate surface area is 136 Å². The van der Waals surface area contributed by atoms with E-state index in [1.807, 2.05) is 44.2 Å². The molecule has 2 aromatic carbocycles. The van der Waals surface area contributed by atoms with Crippen LogP contribution in [0.15, 0.2) is 48.5 Å². The predicted octanol–water partition coefficient (Wildman–Crippen LogP) is 4.22. The van der Waals surface area contributed by atoms with Gasteiger partial charge in [0, 0.05) is 5.69 Å². The first-order valence-electron chi connectivity index (χ1n) is 7.72. The number of benzene rings is 2. The van der Waals surface area contributed by atoms with Crippen molar-refractivity contribution in [1.29, 1.82) is 0 Å². The molecule has 0 fully saturated rings. The second-order valence-corrected chi connectivity index (χ2v) is 5.58. The van der Waals surface area contributed by atoms with Gasteiger partial charge in [0.1, 0.15) is 0 Å². The summed E-state index contributed by atoms with van der Waals surface area (Å²) >= 11 is 0. The number of aryl methyl sites for hydroxylation is 1. The van der Waals surface area contributed by atoms with Crippen LogP contribution in [0.25, 0.3) is 0 Å². The summed E-state index contributed by atoms with van der Waals surface area (Å²) < 4.78 is 0. The van der Waals surface area contributed by atoms with Gasteiger partial charge in [0.15, 0.2) is 0 Å². The molecular formula is C19H21NO3. The summed E-state index contributed by atoms with van der Waals surface area (Å²) in [6.07, 6.45) is 1.63. The lowest BCUT2D eigenvalue weighted by atomic mass is 9.93.